The van der Waals surface area contributed by atoms with E-state index in [1.165, 1.54) is 0 Å². The maximum absolute atomic E-state index is 13.6. The highest BCUT2D eigenvalue weighted by Crippen LogP contribution is 2.31. The number of halogens is 3. The Morgan fingerprint density at radius 2 is 1.72 bits per heavy atom. The predicted molar refractivity (Wildman–Crippen MR) is 94.3 cm³/mol. The summed E-state index contributed by atoms with van der Waals surface area (Å²) in [5.41, 5.74) is 0. The number of unbranched alkanes of at least 4 members (excludes halogenated alkanes) is 1. The number of hydrogen-bond acceptors (Lipinski definition) is 3. The largest absolute Gasteiger partial charge is 0.465 e. The third kappa shape index (κ3) is 9.58. The van der Waals surface area contributed by atoms with Crippen molar-refractivity contribution in [3.8, 4) is 0 Å². The van der Waals surface area contributed by atoms with Crippen molar-refractivity contribution in [1.82, 2.24) is 4.72 Å². The molecule has 8 heteroatoms. The molecule has 0 bridgehead atoms. The van der Waals surface area contributed by atoms with E-state index in [1.807, 2.05) is 20.8 Å². The first-order chi connectivity index (χ1) is 11.3. The maximum Gasteiger partial charge on any atom is 0.405 e. The van der Waals surface area contributed by atoms with Crippen LogP contribution in [0.3, 0.4) is 0 Å². The summed E-state index contributed by atoms with van der Waals surface area (Å²) in [7, 11) is -1.95. The Labute approximate surface area is 151 Å². The zero-order valence-corrected chi connectivity index (χ0v) is 16.9. The number of esters is 1. The average Bonchev–Trinajstić information content (AvgIpc) is 2.43. The minimum atomic E-state index is -4.70. The molecule has 0 aliphatic heterocycles. The molecule has 150 valence electrons. The number of hydrogen-bond donors (Lipinski definition) is 1. The molecule has 1 N–H and O–H groups in total. The lowest BCUT2D eigenvalue weighted by molar-refractivity contribution is -0.179. The van der Waals surface area contributed by atoms with E-state index in [0.29, 0.717) is 12.8 Å². The van der Waals surface area contributed by atoms with Crippen LogP contribution in [0, 0.1) is 11.8 Å². The highest BCUT2D eigenvalue weighted by atomic mass is 32.2. The normalized spacial score (nSPS) is 16.6. The van der Waals surface area contributed by atoms with E-state index in [0.717, 1.165) is 6.42 Å². The Kier molecular flexibility index (Phi) is 10.2. The lowest BCUT2D eigenvalue weighted by Crippen LogP contribution is -2.53. The van der Waals surface area contributed by atoms with Crippen molar-refractivity contribution in [2.45, 2.75) is 84.2 Å². The molecular weight excluding hydrogens is 355 g/mol. The van der Waals surface area contributed by atoms with Crippen molar-refractivity contribution >= 4 is 17.0 Å². The van der Waals surface area contributed by atoms with Crippen LogP contribution in [0.15, 0.2) is 0 Å². The third-order valence-electron chi connectivity index (χ3n) is 3.65. The molecule has 0 saturated carbocycles. The van der Waals surface area contributed by atoms with Crippen LogP contribution in [0.1, 0.15) is 67.2 Å². The van der Waals surface area contributed by atoms with Crippen LogP contribution in [0.5, 0.6) is 0 Å². The summed E-state index contributed by atoms with van der Waals surface area (Å²) in [6.07, 6.45) is -2.85. The van der Waals surface area contributed by atoms with Crippen LogP contribution in [-0.2, 0) is 20.5 Å². The predicted octanol–water partition coefficient (Wildman–Crippen LogP) is 4.36. The summed E-state index contributed by atoms with van der Waals surface area (Å²) in [5.74, 6) is -2.15. The van der Waals surface area contributed by atoms with Gasteiger partial charge >= 0.3 is 12.1 Å². The van der Waals surface area contributed by atoms with Gasteiger partial charge in [0.05, 0.1) is 28.3 Å². The van der Waals surface area contributed by atoms with E-state index in [2.05, 4.69) is 4.72 Å². The average molecular weight is 388 g/mol. The van der Waals surface area contributed by atoms with Gasteiger partial charge in [0.15, 0.2) is 0 Å². The van der Waals surface area contributed by atoms with Gasteiger partial charge < -0.3 is 4.74 Å². The van der Waals surface area contributed by atoms with Gasteiger partial charge in [0.25, 0.3) is 0 Å². The first kappa shape index (κ1) is 24.4. The second-order valence-corrected chi connectivity index (χ2v) is 9.61. The summed E-state index contributed by atoms with van der Waals surface area (Å²) in [6, 6.07) is -2.19. The zero-order valence-electron chi connectivity index (χ0n) is 16.0. The standard InChI is InChI=1S/C17H32F3NO3S/c1-7-8-11-24-15(22)13(10-9-12(2)3)14(17(18,19)20)21-25(23)16(4,5)6/h12-14,21H,7-11H2,1-6H3/t13-,14-,25-/m1/s1. The van der Waals surface area contributed by atoms with Gasteiger partial charge in [-0.25, -0.2) is 8.93 Å². The van der Waals surface area contributed by atoms with Crippen molar-refractivity contribution in [1.29, 1.82) is 0 Å². The molecule has 0 saturated heterocycles. The van der Waals surface area contributed by atoms with Crippen LogP contribution in [-0.4, -0.2) is 33.8 Å². The van der Waals surface area contributed by atoms with Gasteiger partial charge in [-0.15, -0.1) is 0 Å². The molecule has 4 nitrogen and oxygen atoms in total. The van der Waals surface area contributed by atoms with Crippen LogP contribution in [0.4, 0.5) is 13.2 Å². The van der Waals surface area contributed by atoms with Crippen molar-refractivity contribution in [2.24, 2.45) is 11.8 Å². The molecule has 0 unspecified atom stereocenters. The highest BCUT2D eigenvalue weighted by molar-refractivity contribution is 7.84. The number of carbonyl (C=O) groups is 1. The summed E-state index contributed by atoms with van der Waals surface area (Å²) < 4.78 is 59.3. The zero-order chi connectivity index (χ0) is 19.8. The molecule has 25 heavy (non-hydrogen) atoms. The lowest BCUT2D eigenvalue weighted by atomic mass is 9.91. The van der Waals surface area contributed by atoms with Gasteiger partial charge in [0, 0.05) is 0 Å². The first-order valence-electron chi connectivity index (χ1n) is 8.72. The summed E-state index contributed by atoms with van der Waals surface area (Å²) in [6.45, 7) is 10.5. The Balaban J connectivity index is 5.43. The molecule has 0 aromatic carbocycles. The monoisotopic (exact) mass is 387 g/mol. The quantitative estimate of drug-likeness (QED) is 0.447. The molecule has 0 aliphatic carbocycles. The molecule has 0 aromatic heterocycles. The van der Waals surface area contributed by atoms with Gasteiger partial charge in [-0.2, -0.15) is 13.2 Å². The second-order valence-electron chi connectivity index (χ2n) is 7.62. The van der Waals surface area contributed by atoms with Crippen LogP contribution >= 0.6 is 0 Å². The van der Waals surface area contributed by atoms with E-state index in [-0.39, 0.29) is 18.9 Å². The van der Waals surface area contributed by atoms with E-state index in [9.17, 15) is 22.2 Å². The van der Waals surface area contributed by atoms with E-state index >= 15 is 0 Å². The van der Waals surface area contributed by atoms with Crippen molar-refractivity contribution in [3.63, 3.8) is 0 Å². The van der Waals surface area contributed by atoms with Crippen LogP contribution in [0.2, 0.25) is 0 Å². The molecule has 3 atom stereocenters. The van der Waals surface area contributed by atoms with E-state index in [1.54, 1.807) is 20.8 Å². The fourth-order valence-corrected chi connectivity index (χ4v) is 2.91. The number of rotatable bonds is 10. The van der Waals surface area contributed by atoms with Gasteiger partial charge in [-0.3, -0.25) is 4.79 Å². The smallest absolute Gasteiger partial charge is 0.405 e. The fourth-order valence-electron chi connectivity index (χ4n) is 2.03. The van der Waals surface area contributed by atoms with Gasteiger partial charge in [0.1, 0.15) is 6.04 Å². The third-order valence-corrected chi connectivity index (χ3v) is 5.23. The molecular formula is C17H32F3NO3S. The molecule has 0 aliphatic rings. The highest BCUT2D eigenvalue weighted by Gasteiger charge is 2.49. The summed E-state index contributed by atoms with van der Waals surface area (Å²) >= 11 is 0. The Bertz CT molecular complexity index is 434. The maximum atomic E-state index is 13.6. The number of ether oxygens (including phenoxy) is 1. The van der Waals surface area contributed by atoms with Crippen LogP contribution in [0.25, 0.3) is 0 Å². The number of carbonyl (C=O) groups excluding carboxylic acids is 1. The van der Waals surface area contributed by atoms with Crippen molar-refractivity contribution in [2.75, 3.05) is 6.61 Å². The lowest BCUT2D eigenvalue weighted by Gasteiger charge is -2.31. The van der Waals surface area contributed by atoms with Gasteiger partial charge in [0.2, 0.25) is 0 Å². The second kappa shape index (κ2) is 10.5. The molecule has 0 fully saturated rings. The minimum Gasteiger partial charge on any atom is -0.465 e. The Hall–Kier alpha value is -0.630. The minimum absolute atomic E-state index is 0.0289. The van der Waals surface area contributed by atoms with Gasteiger partial charge in [-0.1, -0.05) is 33.6 Å². The molecule has 0 heterocycles. The Morgan fingerprint density at radius 1 is 1.16 bits per heavy atom. The summed E-state index contributed by atoms with van der Waals surface area (Å²) in [4.78, 5) is 12.3. The topological polar surface area (TPSA) is 55.4 Å². The SMILES string of the molecule is CCCCOC(=O)[C@H](CCC(C)C)[C@@H](N[S@](=O)C(C)(C)C)C(F)(F)F. The van der Waals surface area contributed by atoms with Crippen LogP contribution < -0.4 is 4.72 Å². The van der Waals surface area contributed by atoms with E-state index in [4.69, 9.17) is 4.74 Å². The number of nitrogens with one attached hydrogen (secondary N) is 1. The first-order valence-corrected chi connectivity index (χ1v) is 9.87. The molecule has 0 aromatic rings. The van der Waals surface area contributed by atoms with Gasteiger partial charge in [-0.05, 0) is 39.5 Å². The number of alkyl halides is 3. The molecule has 0 amide bonds. The van der Waals surface area contributed by atoms with Crippen molar-refractivity contribution in [3.05, 3.63) is 0 Å². The Morgan fingerprint density at radius 3 is 2.12 bits per heavy atom. The molecule has 0 radical (unpaired) electrons. The fraction of sp³-hybridized carbons (Fsp3) is 0.941. The van der Waals surface area contributed by atoms with E-state index < -0.39 is 39.8 Å². The van der Waals surface area contributed by atoms with Crippen molar-refractivity contribution < 1.29 is 26.9 Å². The molecule has 0 rings (SSSR count). The molecule has 0 spiro atoms. The summed E-state index contributed by atoms with van der Waals surface area (Å²) in [5, 5.41) is 0.